The van der Waals surface area contributed by atoms with Gasteiger partial charge < -0.3 is 14.8 Å². The quantitative estimate of drug-likeness (QED) is 0.842. The van der Waals surface area contributed by atoms with Crippen LogP contribution in [0.4, 0.5) is 5.00 Å². The molecule has 1 aromatic carbocycles. The number of ether oxygens (including phenoxy) is 2. The first-order chi connectivity index (χ1) is 11.5. The Morgan fingerprint density at radius 1 is 1.33 bits per heavy atom. The predicted octanol–water partition coefficient (Wildman–Crippen LogP) is 3.12. The van der Waals surface area contributed by atoms with Crippen LogP contribution in [0, 0.1) is 18.3 Å². The Labute approximate surface area is 143 Å². The molecule has 0 fully saturated rings. The number of carbonyl (C=O) groups is 2. The average molecular weight is 344 g/mol. The molecular formula is C17H16N2O4S. The maximum atomic E-state index is 12.3. The molecule has 0 aliphatic carbocycles. The summed E-state index contributed by atoms with van der Waals surface area (Å²) in [5.41, 5.74) is 1.50. The summed E-state index contributed by atoms with van der Waals surface area (Å²) in [5, 5.41) is 13.7. The first-order valence-electron chi connectivity index (χ1n) is 7.10. The molecule has 1 heterocycles. The molecular weight excluding hydrogens is 328 g/mol. The number of amides is 1. The van der Waals surface area contributed by atoms with Gasteiger partial charge in [-0.25, -0.2) is 4.79 Å². The van der Waals surface area contributed by atoms with Crippen molar-refractivity contribution in [3.05, 3.63) is 46.3 Å². The van der Waals surface area contributed by atoms with Crippen molar-refractivity contribution in [2.24, 2.45) is 0 Å². The number of esters is 1. The van der Waals surface area contributed by atoms with Crippen LogP contribution in [0.15, 0.2) is 29.6 Å². The first-order valence-corrected chi connectivity index (χ1v) is 7.98. The van der Waals surface area contributed by atoms with Crippen molar-refractivity contribution in [3.63, 3.8) is 0 Å². The van der Waals surface area contributed by atoms with E-state index in [1.165, 1.54) is 25.4 Å². The van der Waals surface area contributed by atoms with Gasteiger partial charge >= 0.3 is 5.97 Å². The van der Waals surface area contributed by atoms with Gasteiger partial charge in [0.25, 0.3) is 5.91 Å². The van der Waals surface area contributed by atoms with E-state index in [4.69, 9.17) is 14.7 Å². The number of aryl methyl sites for hydroxylation is 1. The lowest BCUT2D eigenvalue weighted by molar-refractivity contribution is -0.123. The summed E-state index contributed by atoms with van der Waals surface area (Å²) in [6.07, 6.45) is -1.02. The minimum absolute atomic E-state index is 0.256. The number of thiophene rings is 1. The molecule has 24 heavy (non-hydrogen) atoms. The standard InChI is InChI=1S/C17H16N2O4S/c1-10-4-5-14(22-3)13(8-10)17(21)23-11(2)15(20)19-16-12(9-18)6-7-24-16/h4-8,11H,1-3H3,(H,19,20). The SMILES string of the molecule is COc1ccc(C)cc1C(=O)OC(C)C(=O)Nc1sccc1C#N. The maximum absolute atomic E-state index is 12.3. The highest BCUT2D eigenvalue weighted by Crippen LogP contribution is 2.23. The summed E-state index contributed by atoms with van der Waals surface area (Å²) in [6.45, 7) is 3.31. The summed E-state index contributed by atoms with van der Waals surface area (Å²) in [5.74, 6) is -0.776. The molecule has 1 unspecified atom stereocenters. The Morgan fingerprint density at radius 3 is 2.75 bits per heavy atom. The Morgan fingerprint density at radius 2 is 2.08 bits per heavy atom. The zero-order valence-electron chi connectivity index (χ0n) is 13.5. The van der Waals surface area contributed by atoms with Crippen LogP contribution in [0.1, 0.15) is 28.4 Å². The van der Waals surface area contributed by atoms with Crippen LogP contribution in [-0.4, -0.2) is 25.1 Å². The van der Waals surface area contributed by atoms with Gasteiger partial charge in [-0.1, -0.05) is 11.6 Å². The van der Waals surface area contributed by atoms with E-state index < -0.39 is 18.0 Å². The fourth-order valence-corrected chi connectivity index (χ4v) is 2.71. The highest BCUT2D eigenvalue weighted by molar-refractivity contribution is 7.14. The van der Waals surface area contributed by atoms with Crippen LogP contribution >= 0.6 is 11.3 Å². The monoisotopic (exact) mass is 344 g/mol. The topological polar surface area (TPSA) is 88.4 Å². The highest BCUT2D eigenvalue weighted by atomic mass is 32.1. The van der Waals surface area contributed by atoms with Crippen molar-refractivity contribution in [2.45, 2.75) is 20.0 Å². The van der Waals surface area contributed by atoms with Crippen molar-refractivity contribution in [3.8, 4) is 11.8 Å². The molecule has 7 heteroatoms. The molecule has 0 aliphatic heterocycles. The van der Waals surface area contributed by atoms with E-state index in [2.05, 4.69) is 5.32 Å². The van der Waals surface area contributed by atoms with Gasteiger partial charge in [0, 0.05) is 0 Å². The number of methoxy groups -OCH3 is 1. The number of carbonyl (C=O) groups excluding carboxylic acids is 2. The van der Waals surface area contributed by atoms with E-state index >= 15 is 0 Å². The lowest BCUT2D eigenvalue weighted by Gasteiger charge is -2.14. The summed E-state index contributed by atoms with van der Waals surface area (Å²) in [4.78, 5) is 24.4. The van der Waals surface area contributed by atoms with Gasteiger partial charge in [0.05, 0.1) is 12.7 Å². The molecule has 1 N–H and O–H groups in total. The van der Waals surface area contributed by atoms with E-state index in [1.807, 2.05) is 19.1 Å². The molecule has 6 nitrogen and oxygen atoms in total. The molecule has 0 aliphatic rings. The zero-order chi connectivity index (χ0) is 17.7. The molecule has 2 rings (SSSR count). The van der Waals surface area contributed by atoms with Gasteiger partial charge in [0.15, 0.2) is 6.10 Å². The Bertz CT molecular complexity index is 807. The average Bonchev–Trinajstić information content (AvgIpc) is 3.01. The third-order valence-electron chi connectivity index (χ3n) is 3.25. The minimum Gasteiger partial charge on any atom is -0.496 e. The molecule has 1 atom stereocenters. The normalized spacial score (nSPS) is 11.2. The molecule has 2 aromatic rings. The van der Waals surface area contributed by atoms with Crippen LogP contribution in [-0.2, 0) is 9.53 Å². The van der Waals surface area contributed by atoms with E-state index in [0.717, 1.165) is 5.56 Å². The van der Waals surface area contributed by atoms with Gasteiger partial charge in [-0.2, -0.15) is 5.26 Å². The second-order valence-electron chi connectivity index (χ2n) is 5.02. The van der Waals surface area contributed by atoms with Gasteiger partial charge in [0.2, 0.25) is 0 Å². The highest BCUT2D eigenvalue weighted by Gasteiger charge is 2.22. The molecule has 0 saturated heterocycles. The third-order valence-corrected chi connectivity index (χ3v) is 4.08. The van der Waals surface area contributed by atoms with Crippen LogP contribution in [0.3, 0.4) is 0 Å². The summed E-state index contributed by atoms with van der Waals surface area (Å²) in [7, 11) is 1.46. The van der Waals surface area contributed by atoms with E-state index in [1.54, 1.807) is 23.6 Å². The molecule has 0 radical (unpaired) electrons. The number of hydrogen-bond acceptors (Lipinski definition) is 6. The van der Waals surface area contributed by atoms with Crippen molar-refractivity contribution in [2.75, 3.05) is 12.4 Å². The Balaban J connectivity index is 2.07. The summed E-state index contributed by atoms with van der Waals surface area (Å²) >= 11 is 1.23. The fourth-order valence-electron chi connectivity index (χ4n) is 1.97. The third kappa shape index (κ3) is 3.91. The maximum Gasteiger partial charge on any atom is 0.342 e. The van der Waals surface area contributed by atoms with Gasteiger partial charge in [-0.3, -0.25) is 4.79 Å². The molecule has 124 valence electrons. The number of nitrogens with one attached hydrogen (secondary N) is 1. The summed E-state index contributed by atoms with van der Waals surface area (Å²) in [6, 6.07) is 8.70. The van der Waals surface area contributed by atoms with Crippen molar-refractivity contribution in [1.82, 2.24) is 0 Å². The lowest BCUT2D eigenvalue weighted by Crippen LogP contribution is -2.30. The number of rotatable bonds is 5. The number of nitrogens with zero attached hydrogens (tertiary/aromatic N) is 1. The second-order valence-corrected chi connectivity index (χ2v) is 5.93. The summed E-state index contributed by atoms with van der Waals surface area (Å²) < 4.78 is 10.4. The molecule has 1 amide bonds. The van der Waals surface area contributed by atoms with Crippen molar-refractivity contribution in [1.29, 1.82) is 5.26 Å². The van der Waals surface area contributed by atoms with Crippen LogP contribution in [0.2, 0.25) is 0 Å². The van der Waals surface area contributed by atoms with Gasteiger partial charge in [0.1, 0.15) is 22.4 Å². The van der Waals surface area contributed by atoms with Crippen LogP contribution in [0.25, 0.3) is 0 Å². The van der Waals surface area contributed by atoms with E-state index in [9.17, 15) is 9.59 Å². The predicted molar refractivity (Wildman–Crippen MR) is 90.3 cm³/mol. The number of nitriles is 1. The van der Waals surface area contributed by atoms with E-state index in [0.29, 0.717) is 16.3 Å². The first kappa shape index (κ1) is 17.5. The largest absolute Gasteiger partial charge is 0.496 e. The molecule has 0 spiro atoms. The van der Waals surface area contributed by atoms with Crippen LogP contribution < -0.4 is 10.1 Å². The van der Waals surface area contributed by atoms with Crippen molar-refractivity contribution < 1.29 is 19.1 Å². The lowest BCUT2D eigenvalue weighted by atomic mass is 10.1. The van der Waals surface area contributed by atoms with Crippen molar-refractivity contribution >= 4 is 28.2 Å². The molecule has 1 aromatic heterocycles. The molecule has 0 bridgehead atoms. The zero-order valence-corrected chi connectivity index (χ0v) is 14.3. The molecule has 0 saturated carbocycles. The number of hydrogen-bond donors (Lipinski definition) is 1. The second kappa shape index (κ2) is 7.62. The van der Waals surface area contributed by atoms with E-state index in [-0.39, 0.29) is 5.56 Å². The Kier molecular flexibility index (Phi) is 5.55. The smallest absolute Gasteiger partial charge is 0.342 e. The van der Waals surface area contributed by atoms with Gasteiger partial charge in [-0.05, 0) is 37.4 Å². The minimum atomic E-state index is -1.02. The fraction of sp³-hybridized carbons (Fsp3) is 0.235. The number of benzene rings is 1. The van der Waals surface area contributed by atoms with Gasteiger partial charge in [-0.15, -0.1) is 11.3 Å². The Hall–Kier alpha value is -2.85. The van der Waals surface area contributed by atoms with Crippen LogP contribution in [0.5, 0.6) is 5.75 Å². The number of anilines is 1.